The van der Waals surface area contributed by atoms with E-state index in [2.05, 4.69) is 10.6 Å². The van der Waals surface area contributed by atoms with Crippen LogP contribution < -0.4 is 15.4 Å². The number of amides is 2. The van der Waals surface area contributed by atoms with Gasteiger partial charge in [-0.05, 0) is 62.3 Å². The van der Waals surface area contributed by atoms with E-state index in [0.29, 0.717) is 42.8 Å². The van der Waals surface area contributed by atoms with Crippen molar-refractivity contribution in [2.24, 2.45) is 5.92 Å². The molecule has 0 saturated carbocycles. The van der Waals surface area contributed by atoms with Crippen LogP contribution in [0.2, 0.25) is 0 Å². The number of anilines is 2. The number of ether oxygens (including phenoxy) is 1. The Morgan fingerprint density at radius 1 is 1.20 bits per heavy atom. The highest BCUT2D eigenvalue weighted by Crippen LogP contribution is 2.37. The number of carbonyl (C=O) groups excluding carboxylic acids is 2. The molecule has 0 aromatic heterocycles. The molecule has 2 amide bonds. The Morgan fingerprint density at radius 2 is 1.97 bits per heavy atom. The number of benzene rings is 2. The van der Waals surface area contributed by atoms with Crippen molar-refractivity contribution in [2.75, 3.05) is 23.7 Å². The molecule has 2 aromatic rings. The minimum atomic E-state index is -3.86. The summed E-state index contributed by atoms with van der Waals surface area (Å²) in [5.74, 6) is -0.493. The molecule has 2 unspecified atom stereocenters. The van der Waals surface area contributed by atoms with Gasteiger partial charge in [-0.1, -0.05) is 32.0 Å². The third-order valence-electron chi connectivity index (χ3n) is 6.83. The fourth-order valence-corrected chi connectivity index (χ4v) is 6.52. The van der Waals surface area contributed by atoms with Gasteiger partial charge in [-0.25, -0.2) is 8.42 Å². The highest BCUT2D eigenvalue weighted by Gasteiger charge is 2.36. The van der Waals surface area contributed by atoms with E-state index in [-0.39, 0.29) is 23.3 Å². The van der Waals surface area contributed by atoms with Gasteiger partial charge in [0.25, 0.3) is 5.91 Å². The van der Waals surface area contributed by atoms with Gasteiger partial charge in [0.05, 0.1) is 16.5 Å². The quantitative estimate of drug-likeness (QED) is 0.625. The predicted molar refractivity (Wildman–Crippen MR) is 135 cm³/mol. The highest BCUT2D eigenvalue weighted by molar-refractivity contribution is 7.89. The van der Waals surface area contributed by atoms with Crippen LogP contribution >= 0.6 is 0 Å². The van der Waals surface area contributed by atoms with Crippen molar-refractivity contribution in [1.82, 2.24) is 4.31 Å². The molecule has 4 rings (SSSR count). The molecule has 0 radical (unpaired) electrons. The smallest absolute Gasteiger partial charge is 0.265 e. The zero-order valence-corrected chi connectivity index (χ0v) is 21.5. The average Bonchev–Trinajstić information content (AvgIpc) is 2.84. The molecular formula is C26H33N3O5S. The second-order valence-corrected chi connectivity index (χ2v) is 11.2. The summed E-state index contributed by atoms with van der Waals surface area (Å²) in [6, 6.07) is 9.04. The van der Waals surface area contributed by atoms with Crippen LogP contribution in [0.3, 0.4) is 0 Å². The second-order valence-electron chi connectivity index (χ2n) is 9.27. The van der Waals surface area contributed by atoms with Crippen LogP contribution in [0.25, 0.3) is 0 Å². The van der Waals surface area contributed by atoms with Gasteiger partial charge in [0.15, 0.2) is 6.10 Å². The lowest BCUT2D eigenvalue weighted by Crippen LogP contribution is -2.44. The number of nitrogens with zero attached hydrogens (tertiary/aromatic N) is 1. The Labute approximate surface area is 207 Å². The van der Waals surface area contributed by atoms with Crippen molar-refractivity contribution < 1.29 is 22.7 Å². The number of hydrogen-bond acceptors (Lipinski definition) is 5. The van der Waals surface area contributed by atoms with Crippen molar-refractivity contribution in [3.05, 3.63) is 47.0 Å². The molecular weight excluding hydrogens is 466 g/mol. The van der Waals surface area contributed by atoms with Gasteiger partial charge in [0, 0.05) is 24.8 Å². The van der Waals surface area contributed by atoms with E-state index < -0.39 is 22.0 Å². The molecule has 8 nitrogen and oxygen atoms in total. The molecule has 35 heavy (non-hydrogen) atoms. The first-order valence-corrected chi connectivity index (χ1v) is 13.6. The summed E-state index contributed by atoms with van der Waals surface area (Å²) in [6.07, 6.45) is 1.84. The Balaban J connectivity index is 1.56. The number of aryl methyl sites for hydroxylation is 3. The standard InChI is InChI=1S/C26H33N3O5S/c1-5-18-10-7-9-16(3)24(18)28-25(30)19-11-8-12-29(15-19)35(32,33)23-14-22-20(13-17(23)4)27-26(31)21(6-2)34-22/h7,9-10,13-14,19,21H,5-6,8,11-12,15H2,1-4H3,(H,27,31)(H,28,30). The first kappa shape index (κ1) is 25.2. The van der Waals surface area contributed by atoms with E-state index in [1.54, 1.807) is 13.0 Å². The number of rotatable bonds is 6. The number of piperidine rings is 1. The lowest BCUT2D eigenvalue weighted by Gasteiger charge is -2.32. The van der Waals surface area contributed by atoms with Gasteiger partial charge in [0.2, 0.25) is 15.9 Å². The van der Waals surface area contributed by atoms with Crippen molar-refractivity contribution in [3.8, 4) is 5.75 Å². The lowest BCUT2D eigenvalue weighted by atomic mass is 9.98. The molecule has 1 fully saturated rings. The van der Waals surface area contributed by atoms with E-state index in [4.69, 9.17) is 4.74 Å². The van der Waals surface area contributed by atoms with E-state index in [9.17, 15) is 18.0 Å². The van der Waals surface area contributed by atoms with Crippen LogP contribution in [-0.2, 0) is 26.0 Å². The lowest BCUT2D eigenvalue weighted by molar-refractivity contribution is -0.123. The molecule has 0 bridgehead atoms. The van der Waals surface area contributed by atoms with Gasteiger partial charge in [-0.2, -0.15) is 4.31 Å². The van der Waals surface area contributed by atoms with Crippen molar-refractivity contribution >= 4 is 33.2 Å². The zero-order chi connectivity index (χ0) is 25.3. The third-order valence-corrected chi connectivity index (χ3v) is 8.84. The Hall–Kier alpha value is -2.91. The molecule has 2 aliphatic rings. The van der Waals surface area contributed by atoms with Gasteiger partial charge < -0.3 is 15.4 Å². The van der Waals surface area contributed by atoms with Crippen LogP contribution in [-0.4, -0.2) is 43.7 Å². The van der Waals surface area contributed by atoms with Crippen molar-refractivity contribution in [2.45, 2.75) is 64.4 Å². The molecule has 2 aliphatic heterocycles. The molecule has 0 spiro atoms. The average molecular weight is 500 g/mol. The SMILES string of the molecule is CCc1cccc(C)c1NC(=O)C1CCCN(S(=O)(=O)c2cc3c(cc2C)NC(=O)C(CC)O3)C1. The summed E-state index contributed by atoms with van der Waals surface area (Å²) in [7, 11) is -3.86. The summed E-state index contributed by atoms with van der Waals surface area (Å²) < 4.78 is 34.4. The van der Waals surface area contributed by atoms with Gasteiger partial charge in [-0.3, -0.25) is 9.59 Å². The molecule has 2 N–H and O–H groups in total. The van der Waals surface area contributed by atoms with Crippen LogP contribution in [0.15, 0.2) is 35.2 Å². The maximum Gasteiger partial charge on any atom is 0.265 e. The molecule has 9 heteroatoms. The van der Waals surface area contributed by atoms with Gasteiger partial charge in [-0.15, -0.1) is 0 Å². The third kappa shape index (κ3) is 4.92. The van der Waals surface area contributed by atoms with Crippen molar-refractivity contribution in [1.29, 1.82) is 0 Å². The van der Waals surface area contributed by atoms with Crippen LogP contribution in [0.5, 0.6) is 5.75 Å². The maximum atomic E-state index is 13.6. The Bertz CT molecular complexity index is 1260. The van der Waals surface area contributed by atoms with Crippen LogP contribution in [0, 0.1) is 19.8 Å². The number of carbonyl (C=O) groups is 2. The molecule has 2 aromatic carbocycles. The molecule has 188 valence electrons. The van der Waals surface area contributed by atoms with E-state index in [1.807, 2.05) is 39.0 Å². The molecule has 2 heterocycles. The summed E-state index contributed by atoms with van der Waals surface area (Å²) >= 11 is 0. The summed E-state index contributed by atoms with van der Waals surface area (Å²) in [4.78, 5) is 25.4. The summed E-state index contributed by atoms with van der Waals surface area (Å²) in [5, 5.41) is 5.85. The second kappa shape index (κ2) is 9.99. The van der Waals surface area contributed by atoms with E-state index in [1.165, 1.54) is 10.4 Å². The maximum absolute atomic E-state index is 13.6. The monoisotopic (exact) mass is 499 g/mol. The van der Waals surface area contributed by atoms with Crippen molar-refractivity contribution in [3.63, 3.8) is 0 Å². The number of para-hydroxylation sites is 1. The molecule has 1 saturated heterocycles. The number of hydrogen-bond donors (Lipinski definition) is 2. The van der Waals surface area contributed by atoms with Crippen LogP contribution in [0.4, 0.5) is 11.4 Å². The van der Waals surface area contributed by atoms with Gasteiger partial charge >= 0.3 is 0 Å². The topological polar surface area (TPSA) is 105 Å². The van der Waals surface area contributed by atoms with Gasteiger partial charge in [0.1, 0.15) is 5.75 Å². The summed E-state index contributed by atoms with van der Waals surface area (Å²) in [5.41, 5.74) is 3.84. The first-order valence-electron chi connectivity index (χ1n) is 12.2. The number of nitrogens with one attached hydrogen (secondary N) is 2. The Kier molecular flexibility index (Phi) is 7.19. The Morgan fingerprint density at radius 3 is 2.69 bits per heavy atom. The minimum absolute atomic E-state index is 0.118. The largest absolute Gasteiger partial charge is 0.478 e. The number of sulfonamides is 1. The predicted octanol–water partition coefficient (Wildman–Crippen LogP) is 4.01. The normalized spacial score (nSPS) is 20.5. The fraction of sp³-hybridized carbons (Fsp3) is 0.462. The van der Waals surface area contributed by atoms with Crippen LogP contribution in [0.1, 0.15) is 49.8 Å². The summed E-state index contributed by atoms with van der Waals surface area (Å²) in [6.45, 7) is 8.00. The van der Waals surface area contributed by atoms with E-state index >= 15 is 0 Å². The molecule has 2 atom stereocenters. The minimum Gasteiger partial charge on any atom is -0.478 e. The zero-order valence-electron chi connectivity index (χ0n) is 20.7. The number of fused-ring (bicyclic) bond motifs is 1. The first-order chi connectivity index (χ1) is 16.6. The van der Waals surface area contributed by atoms with E-state index in [0.717, 1.165) is 23.2 Å². The highest BCUT2D eigenvalue weighted by atomic mass is 32.2. The fourth-order valence-electron chi connectivity index (χ4n) is 4.77. The molecule has 0 aliphatic carbocycles.